The second kappa shape index (κ2) is 7.06. The first-order chi connectivity index (χ1) is 9.22. The first-order valence-electron chi connectivity index (χ1n) is 7.65. The fourth-order valence-electron chi connectivity index (χ4n) is 3.18. The van der Waals surface area contributed by atoms with Crippen LogP contribution in [0.25, 0.3) is 0 Å². The minimum Gasteiger partial charge on any atom is -0.376 e. The molecule has 3 atom stereocenters. The normalized spacial score (nSPS) is 25.2. The van der Waals surface area contributed by atoms with E-state index in [2.05, 4.69) is 38.1 Å². The average Bonchev–Trinajstić information content (AvgIpc) is 2.45. The van der Waals surface area contributed by atoms with Crippen molar-refractivity contribution in [1.29, 1.82) is 0 Å². The van der Waals surface area contributed by atoms with Gasteiger partial charge in [-0.2, -0.15) is 0 Å². The van der Waals surface area contributed by atoms with Gasteiger partial charge in [0.2, 0.25) is 0 Å². The molecule has 1 aromatic carbocycles. The van der Waals surface area contributed by atoms with Gasteiger partial charge in [0.15, 0.2) is 0 Å². The van der Waals surface area contributed by atoms with E-state index in [1.807, 2.05) is 0 Å². The van der Waals surface area contributed by atoms with Crippen molar-refractivity contribution in [2.24, 2.45) is 11.7 Å². The van der Waals surface area contributed by atoms with Crippen molar-refractivity contribution < 1.29 is 4.74 Å². The van der Waals surface area contributed by atoms with E-state index < -0.39 is 0 Å². The number of ether oxygens (including phenoxy) is 1. The van der Waals surface area contributed by atoms with Crippen molar-refractivity contribution in [3.63, 3.8) is 0 Å². The summed E-state index contributed by atoms with van der Waals surface area (Å²) in [4.78, 5) is 0. The Bertz CT molecular complexity index is 391. The van der Waals surface area contributed by atoms with Crippen LogP contribution in [0.4, 0.5) is 0 Å². The maximum atomic E-state index is 6.27. The molecule has 0 bridgehead atoms. The van der Waals surface area contributed by atoms with Crippen LogP contribution >= 0.6 is 0 Å². The molecule has 0 aromatic heterocycles. The fraction of sp³-hybridized carbons (Fsp3) is 0.647. The molecule has 1 fully saturated rings. The Hall–Kier alpha value is -0.860. The lowest BCUT2D eigenvalue weighted by Gasteiger charge is -2.31. The van der Waals surface area contributed by atoms with Crippen LogP contribution in [0.3, 0.4) is 0 Å². The molecule has 0 saturated heterocycles. The molecule has 0 amide bonds. The third-order valence-electron chi connectivity index (χ3n) is 4.44. The van der Waals surface area contributed by atoms with Gasteiger partial charge in [0, 0.05) is 0 Å². The molecule has 106 valence electrons. The van der Waals surface area contributed by atoms with Crippen LogP contribution in [-0.4, -0.2) is 12.7 Å². The van der Waals surface area contributed by atoms with Gasteiger partial charge in [-0.25, -0.2) is 0 Å². The number of rotatable bonds is 5. The van der Waals surface area contributed by atoms with Crippen LogP contribution < -0.4 is 5.73 Å². The molecule has 2 rings (SSSR count). The van der Waals surface area contributed by atoms with Gasteiger partial charge in [-0.05, 0) is 36.8 Å². The minimum atomic E-state index is 0.000586. The van der Waals surface area contributed by atoms with E-state index in [1.54, 1.807) is 0 Å². The monoisotopic (exact) mass is 261 g/mol. The molecular formula is C17H27NO. The molecule has 0 spiro atoms. The molecule has 2 heteroatoms. The SMILES string of the molecule is CCC1CCCCC1OCC(N)c1ccccc1C. The average molecular weight is 261 g/mol. The highest BCUT2D eigenvalue weighted by molar-refractivity contribution is 5.28. The maximum Gasteiger partial charge on any atom is 0.0663 e. The van der Waals surface area contributed by atoms with Gasteiger partial charge in [-0.15, -0.1) is 0 Å². The Labute approximate surface area is 117 Å². The third kappa shape index (κ3) is 3.80. The molecule has 1 saturated carbocycles. The van der Waals surface area contributed by atoms with Crippen molar-refractivity contribution in [3.8, 4) is 0 Å². The van der Waals surface area contributed by atoms with E-state index in [4.69, 9.17) is 10.5 Å². The standard InChI is InChI=1S/C17H27NO/c1-3-14-9-5-7-11-17(14)19-12-16(18)15-10-6-4-8-13(15)2/h4,6,8,10,14,16-17H,3,5,7,9,11-12,18H2,1-2H3. The summed E-state index contributed by atoms with van der Waals surface area (Å²) < 4.78 is 6.13. The molecule has 0 aliphatic heterocycles. The summed E-state index contributed by atoms with van der Waals surface area (Å²) in [6.07, 6.45) is 6.85. The summed E-state index contributed by atoms with van der Waals surface area (Å²) in [6, 6.07) is 8.34. The predicted molar refractivity (Wildman–Crippen MR) is 80.1 cm³/mol. The summed E-state index contributed by atoms with van der Waals surface area (Å²) in [5.41, 5.74) is 8.75. The number of hydrogen-bond donors (Lipinski definition) is 1. The molecular weight excluding hydrogens is 234 g/mol. The van der Waals surface area contributed by atoms with Gasteiger partial charge in [0.1, 0.15) is 0 Å². The summed E-state index contributed by atoms with van der Waals surface area (Å²) in [6.45, 7) is 5.03. The largest absolute Gasteiger partial charge is 0.376 e. The van der Waals surface area contributed by atoms with Gasteiger partial charge in [-0.3, -0.25) is 0 Å². The highest BCUT2D eigenvalue weighted by Crippen LogP contribution is 2.29. The van der Waals surface area contributed by atoms with E-state index in [0.29, 0.717) is 12.7 Å². The highest BCUT2D eigenvalue weighted by Gasteiger charge is 2.25. The second-order valence-electron chi connectivity index (χ2n) is 5.79. The Kier molecular flexibility index (Phi) is 5.41. The number of hydrogen-bond acceptors (Lipinski definition) is 2. The van der Waals surface area contributed by atoms with Crippen LogP contribution in [0, 0.1) is 12.8 Å². The van der Waals surface area contributed by atoms with Crippen molar-refractivity contribution in [2.75, 3.05) is 6.61 Å². The van der Waals surface area contributed by atoms with Crippen molar-refractivity contribution >= 4 is 0 Å². The smallest absolute Gasteiger partial charge is 0.0663 e. The van der Waals surface area contributed by atoms with Gasteiger partial charge < -0.3 is 10.5 Å². The van der Waals surface area contributed by atoms with Crippen LogP contribution in [0.1, 0.15) is 56.2 Å². The molecule has 2 nitrogen and oxygen atoms in total. The topological polar surface area (TPSA) is 35.2 Å². The second-order valence-corrected chi connectivity index (χ2v) is 5.79. The molecule has 1 aliphatic carbocycles. The third-order valence-corrected chi connectivity index (χ3v) is 4.44. The molecule has 19 heavy (non-hydrogen) atoms. The Morgan fingerprint density at radius 1 is 1.26 bits per heavy atom. The van der Waals surface area contributed by atoms with E-state index in [1.165, 1.54) is 43.2 Å². The fourth-order valence-corrected chi connectivity index (χ4v) is 3.18. The maximum absolute atomic E-state index is 6.27. The first-order valence-corrected chi connectivity index (χ1v) is 7.65. The van der Waals surface area contributed by atoms with E-state index >= 15 is 0 Å². The van der Waals surface area contributed by atoms with Gasteiger partial charge >= 0.3 is 0 Å². The minimum absolute atomic E-state index is 0.000586. The molecule has 3 unspecified atom stereocenters. The lowest BCUT2D eigenvalue weighted by atomic mass is 9.85. The first kappa shape index (κ1) is 14.5. The van der Waals surface area contributed by atoms with E-state index in [9.17, 15) is 0 Å². The summed E-state index contributed by atoms with van der Waals surface area (Å²) >= 11 is 0. The van der Waals surface area contributed by atoms with Crippen molar-refractivity contribution in [3.05, 3.63) is 35.4 Å². The molecule has 2 N–H and O–H groups in total. The van der Waals surface area contributed by atoms with Crippen LogP contribution in [0.2, 0.25) is 0 Å². The zero-order chi connectivity index (χ0) is 13.7. The quantitative estimate of drug-likeness (QED) is 0.870. The lowest BCUT2D eigenvalue weighted by molar-refractivity contribution is -0.0180. The van der Waals surface area contributed by atoms with Crippen molar-refractivity contribution in [2.45, 2.75) is 58.1 Å². The molecule has 0 radical (unpaired) electrons. The van der Waals surface area contributed by atoms with Crippen LogP contribution in [0.5, 0.6) is 0 Å². The predicted octanol–water partition coefficient (Wildman–Crippen LogP) is 3.98. The summed E-state index contributed by atoms with van der Waals surface area (Å²) in [5, 5.41) is 0. The number of aryl methyl sites for hydroxylation is 1. The highest BCUT2D eigenvalue weighted by atomic mass is 16.5. The van der Waals surface area contributed by atoms with E-state index in [0.717, 1.165) is 5.92 Å². The molecule has 1 aliphatic rings. The van der Waals surface area contributed by atoms with E-state index in [-0.39, 0.29) is 6.04 Å². The molecule has 1 aromatic rings. The summed E-state index contributed by atoms with van der Waals surface area (Å²) in [5.74, 6) is 0.734. The number of nitrogens with two attached hydrogens (primary N) is 1. The zero-order valence-electron chi connectivity index (χ0n) is 12.3. The summed E-state index contributed by atoms with van der Waals surface area (Å²) in [7, 11) is 0. The van der Waals surface area contributed by atoms with Crippen LogP contribution in [0.15, 0.2) is 24.3 Å². The van der Waals surface area contributed by atoms with Gasteiger partial charge in [0.05, 0.1) is 18.8 Å². The zero-order valence-corrected chi connectivity index (χ0v) is 12.3. The Balaban J connectivity index is 1.89. The van der Waals surface area contributed by atoms with Gasteiger partial charge in [0.25, 0.3) is 0 Å². The molecule has 0 heterocycles. The Morgan fingerprint density at radius 3 is 2.74 bits per heavy atom. The number of benzene rings is 1. The van der Waals surface area contributed by atoms with Crippen LogP contribution in [-0.2, 0) is 4.74 Å². The van der Waals surface area contributed by atoms with Crippen molar-refractivity contribution in [1.82, 2.24) is 0 Å². The van der Waals surface area contributed by atoms with Gasteiger partial charge in [-0.1, -0.05) is 50.5 Å². The lowest BCUT2D eigenvalue weighted by Crippen LogP contribution is -2.30. The Morgan fingerprint density at radius 2 is 2.00 bits per heavy atom.